The van der Waals surface area contributed by atoms with E-state index < -0.39 is 6.43 Å². The lowest BCUT2D eigenvalue weighted by Gasteiger charge is -2.11. The summed E-state index contributed by atoms with van der Waals surface area (Å²) >= 11 is 0. The fourth-order valence-corrected chi connectivity index (χ4v) is 1.58. The predicted molar refractivity (Wildman–Crippen MR) is 58.9 cm³/mol. The molecule has 0 saturated heterocycles. The van der Waals surface area contributed by atoms with Gasteiger partial charge < -0.3 is 5.73 Å². The van der Waals surface area contributed by atoms with E-state index in [1.165, 1.54) is 10.9 Å². The first kappa shape index (κ1) is 11.7. The lowest BCUT2D eigenvalue weighted by atomic mass is 10.1. The molecular formula is C11H12F2N4. The topological polar surface area (TPSA) is 56.7 Å². The van der Waals surface area contributed by atoms with Crippen molar-refractivity contribution in [3.05, 3.63) is 41.7 Å². The molecule has 0 bridgehead atoms. The monoisotopic (exact) mass is 238 g/mol. The van der Waals surface area contributed by atoms with Crippen LogP contribution in [0.25, 0.3) is 5.69 Å². The van der Waals surface area contributed by atoms with E-state index >= 15 is 0 Å². The molecule has 1 aromatic heterocycles. The molecule has 0 saturated carbocycles. The predicted octanol–water partition coefficient (Wildman–Crippen LogP) is 2.22. The van der Waals surface area contributed by atoms with Gasteiger partial charge >= 0.3 is 0 Å². The molecule has 0 radical (unpaired) electrons. The second kappa shape index (κ2) is 4.58. The minimum Gasteiger partial charge on any atom is -0.324 e. The molecule has 17 heavy (non-hydrogen) atoms. The van der Waals surface area contributed by atoms with E-state index in [2.05, 4.69) is 10.3 Å². The smallest absolute Gasteiger partial charge is 0.283 e. The molecular weight excluding hydrogens is 226 g/mol. The highest BCUT2D eigenvalue weighted by Gasteiger charge is 2.14. The van der Waals surface area contributed by atoms with Crippen LogP contribution in [-0.2, 0) is 0 Å². The highest BCUT2D eigenvalue weighted by atomic mass is 19.3. The third kappa shape index (κ3) is 2.31. The third-order valence-electron chi connectivity index (χ3n) is 2.41. The van der Waals surface area contributed by atoms with E-state index in [1.54, 1.807) is 12.1 Å². The second-order valence-electron chi connectivity index (χ2n) is 3.74. The van der Waals surface area contributed by atoms with E-state index in [1.807, 2.05) is 19.1 Å². The molecule has 2 N–H and O–H groups in total. The Kier molecular flexibility index (Phi) is 3.14. The lowest BCUT2D eigenvalue weighted by molar-refractivity contribution is 0.146. The van der Waals surface area contributed by atoms with Crippen LogP contribution in [0.3, 0.4) is 0 Å². The van der Waals surface area contributed by atoms with E-state index in [0.29, 0.717) is 5.69 Å². The van der Waals surface area contributed by atoms with Crippen molar-refractivity contribution in [3.63, 3.8) is 0 Å². The maximum Gasteiger partial charge on any atom is 0.283 e. The number of benzene rings is 1. The fraction of sp³-hybridized carbons (Fsp3) is 0.273. The number of halogens is 2. The molecule has 1 heterocycles. The summed E-state index contributed by atoms with van der Waals surface area (Å²) in [4.78, 5) is 0. The lowest BCUT2D eigenvalue weighted by Crippen LogP contribution is -2.10. The summed E-state index contributed by atoms with van der Waals surface area (Å²) in [6, 6.07) is 7.04. The van der Waals surface area contributed by atoms with Gasteiger partial charge in [0.05, 0.1) is 11.9 Å². The SMILES string of the molecule is CC(N)c1ccccc1-n1cc(C(F)F)nn1. The molecule has 90 valence electrons. The third-order valence-corrected chi connectivity index (χ3v) is 2.41. The quantitative estimate of drug-likeness (QED) is 0.892. The first-order valence-electron chi connectivity index (χ1n) is 5.15. The molecule has 6 heteroatoms. The van der Waals surface area contributed by atoms with E-state index in [-0.39, 0.29) is 11.7 Å². The van der Waals surface area contributed by atoms with Crippen LogP contribution in [0.15, 0.2) is 30.5 Å². The number of nitrogens with two attached hydrogens (primary N) is 1. The van der Waals surface area contributed by atoms with Crippen LogP contribution in [0.4, 0.5) is 8.78 Å². The van der Waals surface area contributed by atoms with Crippen molar-refractivity contribution in [3.8, 4) is 5.69 Å². The summed E-state index contributed by atoms with van der Waals surface area (Å²) in [6.45, 7) is 1.82. The molecule has 1 unspecified atom stereocenters. The van der Waals surface area contributed by atoms with Gasteiger partial charge in [0.2, 0.25) is 0 Å². The van der Waals surface area contributed by atoms with Gasteiger partial charge in [-0.3, -0.25) is 0 Å². The summed E-state index contributed by atoms with van der Waals surface area (Å²) in [5, 5.41) is 7.10. The number of aromatic nitrogens is 3. The average Bonchev–Trinajstić information content (AvgIpc) is 2.78. The molecule has 0 aliphatic rings. The van der Waals surface area contributed by atoms with Crippen molar-refractivity contribution in [2.45, 2.75) is 19.4 Å². The largest absolute Gasteiger partial charge is 0.324 e. The van der Waals surface area contributed by atoms with Gasteiger partial charge in [-0.25, -0.2) is 13.5 Å². The molecule has 2 aromatic rings. The van der Waals surface area contributed by atoms with Gasteiger partial charge in [0.1, 0.15) is 5.69 Å². The Morgan fingerprint density at radius 2 is 2.00 bits per heavy atom. The van der Waals surface area contributed by atoms with Crippen LogP contribution in [0, 0.1) is 0 Å². The van der Waals surface area contributed by atoms with Gasteiger partial charge in [0, 0.05) is 6.04 Å². The van der Waals surface area contributed by atoms with Crippen molar-refractivity contribution in [2.75, 3.05) is 0 Å². The van der Waals surface area contributed by atoms with Gasteiger partial charge in [-0.1, -0.05) is 23.4 Å². The summed E-state index contributed by atoms with van der Waals surface area (Å²) in [5.41, 5.74) is 6.97. The first-order valence-corrected chi connectivity index (χ1v) is 5.15. The Balaban J connectivity index is 2.45. The van der Waals surface area contributed by atoms with Crippen LogP contribution in [0.2, 0.25) is 0 Å². The van der Waals surface area contributed by atoms with Crippen LogP contribution in [0.5, 0.6) is 0 Å². The fourth-order valence-electron chi connectivity index (χ4n) is 1.58. The van der Waals surface area contributed by atoms with Gasteiger partial charge in [-0.15, -0.1) is 5.10 Å². The Morgan fingerprint density at radius 3 is 2.59 bits per heavy atom. The summed E-state index contributed by atoms with van der Waals surface area (Å²) in [5.74, 6) is 0. The zero-order valence-electron chi connectivity index (χ0n) is 9.22. The first-order chi connectivity index (χ1) is 8.09. The van der Waals surface area contributed by atoms with Crippen LogP contribution < -0.4 is 5.73 Å². The van der Waals surface area contributed by atoms with Crippen molar-refractivity contribution < 1.29 is 8.78 Å². The Labute approximate surface area is 97.0 Å². The molecule has 0 aliphatic carbocycles. The number of para-hydroxylation sites is 1. The molecule has 0 spiro atoms. The summed E-state index contributed by atoms with van der Waals surface area (Å²) in [7, 11) is 0. The summed E-state index contributed by atoms with van der Waals surface area (Å²) in [6.07, 6.45) is -1.41. The number of hydrogen-bond donors (Lipinski definition) is 1. The molecule has 1 atom stereocenters. The molecule has 0 amide bonds. The van der Waals surface area contributed by atoms with Gasteiger partial charge in [0.15, 0.2) is 0 Å². The zero-order valence-corrected chi connectivity index (χ0v) is 9.22. The maximum atomic E-state index is 12.4. The minimum absolute atomic E-state index is 0.203. The normalized spacial score (nSPS) is 13.0. The van der Waals surface area contributed by atoms with Gasteiger partial charge in [-0.05, 0) is 18.6 Å². The van der Waals surface area contributed by atoms with Crippen LogP contribution >= 0.6 is 0 Å². The molecule has 1 aromatic carbocycles. The highest BCUT2D eigenvalue weighted by Crippen LogP contribution is 2.21. The van der Waals surface area contributed by atoms with Crippen LogP contribution in [0.1, 0.15) is 30.6 Å². The van der Waals surface area contributed by atoms with Gasteiger partial charge in [-0.2, -0.15) is 0 Å². The Bertz CT molecular complexity index is 508. The number of rotatable bonds is 3. The second-order valence-corrected chi connectivity index (χ2v) is 3.74. The van der Waals surface area contributed by atoms with Crippen molar-refractivity contribution in [1.29, 1.82) is 0 Å². The van der Waals surface area contributed by atoms with Crippen molar-refractivity contribution in [2.24, 2.45) is 5.73 Å². The van der Waals surface area contributed by atoms with Crippen LogP contribution in [-0.4, -0.2) is 15.0 Å². The maximum absolute atomic E-state index is 12.4. The van der Waals surface area contributed by atoms with Gasteiger partial charge in [0.25, 0.3) is 6.43 Å². The molecule has 0 fully saturated rings. The van der Waals surface area contributed by atoms with E-state index in [4.69, 9.17) is 5.73 Å². The zero-order chi connectivity index (χ0) is 12.4. The number of hydrogen-bond acceptors (Lipinski definition) is 3. The Hall–Kier alpha value is -1.82. The summed E-state index contributed by atoms with van der Waals surface area (Å²) < 4.78 is 26.1. The number of alkyl halides is 2. The van der Waals surface area contributed by atoms with E-state index in [0.717, 1.165) is 5.56 Å². The number of nitrogens with zero attached hydrogens (tertiary/aromatic N) is 3. The standard InChI is InChI=1S/C11H12F2N4/c1-7(14)8-4-2-3-5-10(8)17-6-9(11(12)13)15-16-17/h2-7,11H,14H2,1H3. The molecule has 4 nitrogen and oxygen atoms in total. The van der Waals surface area contributed by atoms with Crippen molar-refractivity contribution in [1.82, 2.24) is 15.0 Å². The highest BCUT2D eigenvalue weighted by molar-refractivity contribution is 5.41. The van der Waals surface area contributed by atoms with E-state index in [9.17, 15) is 8.78 Å². The Morgan fingerprint density at radius 1 is 1.29 bits per heavy atom. The molecule has 0 aliphatic heterocycles. The minimum atomic E-state index is -2.62. The average molecular weight is 238 g/mol. The molecule has 2 rings (SSSR count). The van der Waals surface area contributed by atoms with Crippen molar-refractivity contribution >= 4 is 0 Å².